The minimum absolute atomic E-state index is 0.0597. The van der Waals surface area contributed by atoms with Gasteiger partial charge in [-0.15, -0.1) is 0 Å². The van der Waals surface area contributed by atoms with Gasteiger partial charge >= 0.3 is 0 Å². The summed E-state index contributed by atoms with van der Waals surface area (Å²) >= 11 is 0. The molecule has 3 heteroatoms. The Hall–Kier alpha value is -1.35. The monoisotopic (exact) mass is 208 g/mol. The maximum atomic E-state index is 10.8. The van der Waals surface area contributed by atoms with Crippen LogP contribution in [0.4, 0.5) is 0 Å². The molecule has 15 heavy (non-hydrogen) atoms. The van der Waals surface area contributed by atoms with Crippen LogP contribution in [0.25, 0.3) is 0 Å². The number of allylic oxidation sites excluding steroid dienone is 5. The molecule has 0 radical (unpaired) electrons. The summed E-state index contributed by atoms with van der Waals surface area (Å²) in [6.45, 7) is 6.36. The Morgan fingerprint density at radius 3 is 2.80 bits per heavy atom. The van der Waals surface area contributed by atoms with Crippen molar-refractivity contribution < 1.29 is 4.79 Å². The van der Waals surface area contributed by atoms with Crippen LogP contribution in [0.3, 0.4) is 0 Å². The van der Waals surface area contributed by atoms with E-state index in [0.29, 0.717) is 6.54 Å². The van der Waals surface area contributed by atoms with Crippen LogP contribution >= 0.6 is 0 Å². The standard InChI is InChI=1S/C12H20N2O/c1-3-6-11(7-4-2)8-5-9-14-12(15)10-13/h3-4,6-7H,1,5,8-10,13H2,2H3,(H,14,15)/b7-4-,11-6+. The van der Waals surface area contributed by atoms with Crippen LogP contribution in [0.2, 0.25) is 0 Å². The first kappa shape index (κ1) is 13.7. The summed E-state index contributed by atoms with van der Waals surface area (Å²) in [7, 11) is 0. The van der Waals surface area contributed by atoms with Crippen molar-refractivity contribution in [3.8, 4) is 0 Å². The largest absolute Gasteiger partial charge is 0.355 e. The van der Waals surface area contributed by atoms with Gasteiger partial charge in [0.1, 0.15) is 0 Å². The van der Waals surface area contributed by atoms with Crippen molar-refractivity contribution >= 4 is 5.91 Å². The van der Waals surface area contributed by atoms with Gasteiger partial charge in [-0.2, -0.15) is 0 Å². The number of amides is 1. The number of hydrogen-bond acceptors (Lipinski definition) is 2. The third kappa shape index (κ3) is 7.70. The summed E-state index contributed by atoms with van der Waals surface area (Å²) in [5.74, 6) is -0.102. The lowest BCUT2D eigenvalue weighted by molar-refractivity contribution is -0.119. The Morgan fingerprint density at radius 1 is 1.53 bits per heavy atom. The highest BCUT2D eigenvalue weighted by Gasteiger charge is 1.96. The van der Waals surface area contributed by atoms with E-state index in [-0.39, 0.29) is 12.5 Å². The highest BCUT2D eigenvalue weighted by Crippen LogP contribution is 2.06. The molecule has 3 N–H and O–H groups in total. The molecule has 0 aromatic heterocycles. The van der Waals surface area contributed by atoms with E-state index in [1.54, 1.807) is 6.08 Å². The zero-order chi connectivity index (χ0) is 11.5. The molecule has 0 aliphatic rings. The zero-order valence-electron chi connectivity index (χ0n) is 9.33. The van der Waals surface area contributed by atoms with Gasteiger partial charge < -0.3 is 11.1 Å². The Kier molecular flexibility index (Phi) is 8.39. The van der Waals surface area contributed by atoms with Gasteiger partial charge in [-0.3, -0.25) is 4.79 Å². The Bertz CT molecular complexity index is 254. The second-order valence-electron chi connectivity index (χ2n) is 3.13. The molecule has 3 nitrogen and oxygen atoms in total. The van der Waals surface area contributed by atoms with Gasteiger partial charge in [-0.25, -0.2) is 0 Å². The number of nitrogens with two attached hydrogens (primary N) is 1. The second-order valence-corrected chi connectivity index (χ2v) is 3.13. The van der Waals surface area contributed by atoms with Crippen LogP contribution in [0.15, 0.2) is 36.5 Å². The summed E-state index contributed by atoms with van der Waals surface area (Å²) in [5.41, 5.74) is 6.38. The molecule has 0 aliphatic carbocycles. The average Bonchev–Trinajstić information content (AvgIpc) is 2.24. The van der Waals surface area contributed by atoms with E-state index >= 15 is 0 Å². The van der Waals surface area contributed by atoms with Crippen molar-refractivity contribution in [2.24, 2.45) is 5.73 Å². The van der Waals surface area contributed by atoms with Crippen LogP contribution in [0.5, 0.6) is 0 Å². The third-order valence-corrected chi connectivity index (χ3v) is 1.86. The lowest BCUT2D eigenvalue weighted by Gasteiger charge is -2.03. The number of hydrogen-bond donors (Lipinski definition) is 2. The SMILES string of the molecule is C=C/C=C(\C=C/C)CCCNC(=O)CN. The molecule has 0 aromatic carbocycles. The Labute approximate surface area is 91.7 Å². The fraction of sp³-hybridized carbons (Fsp3) is 0.417. The van der Waals surface area contributed by atoms with Crippen molar-refractivity contribution in [2.75, 3.05) is 13.1 Å². The maximum Gasteiger partial charge on any atom is 0.233 e. The summed E-state index contributed by atoms with van der Waals surface area (Å²) in [6.07, 6.45) is 9.63. The normalized spacial score (nSPS) is 11.7. The summed E-state index contributed by atoms with van der Waals surface area (Å²) < 4.78 is 0. The number of rotatable bonds is 7. The van der Waals surface area contributed by atoms with Crippen LogP contribution in [-0.2, 0) is 4.79 Å². The number of carbonyl (C=O) groups excluding carboxylic acids is 1. The number of carbonyl (C=O) groups is 1. The lowest BCUT2D eigenvalue weighted by Crippen LogP contribution is -2.30. The molecule has 0 saturated heterocycles. The van der Waals surface area contributed by atoms with E-state index in [2.05, 4.69) is 11.9 Å². The van der Waals surface area contributed by atoms with Crippen LogP contribution < -0.4 is 11.1 Å². The van der Waals surface area contributed by atoms with Gasteiger partial charge in [0.2, 0.25) is 5.91 Å². The van der Waals surface area contributed by atoms with E-state index in [0.717, 1.165) is 12.8 Å². The van der Waals surface area contributed by atoms with Gasteiger partial charge in [0.25, 0.3) is 0 Å². The molecular weight excluding hydrogens is 188 g/mol. The zero-order valence-corrected chi connectivity index (χ0v) is 9.33. The Morgan fingerprint density at radius 2 is 2.27 bits per heavy atom. The van der Waals surface area contributed by atoms with E-state index in [9.17, 15) is 4.79 Å². The molecule has 0 unspecified atom stereocenters. The first-order valence-corrected chi connectivity index (χ1v) is 5.15. The summed E-state index contributed by atoms with van der Waals surface area (Å²) in [5, 5.41) is 2.73. The van der Waals surface area contributed by atoms with Crippen LogP contribution in [-0.4, -0.2) is 19.0 Å². The molecule has 0 bridgehead atoms. The van der Waals surface area contributed by atoms with E-state index in [4.69, 9.17) is 5.73 Å². The van der Waals surface area contributed by atoms with Gasteiger partial charge in [0.05, 0.1) is 6.54 Å². The molecule has 0 atom stereocenters. The smallest absolute Gasteiger partial charge is 0.233 e. The summed E-state index contributed by atoms with van der Waals surface area (Å²) in [4.78, 5) is 10.8. The minimum atomic E-state index is -0.102. The Balaban J connectivity index is 3.77. The molecule has 84 valence electrons. The lowest BCUT2D eigenvalue weighted by atomic mass is 10.1. The van der Waals surface area contributed by atoms with Crippen LogP contribution in [0.1, 0.15) is 19.8 Å². The first-order chi connectivity index (χ1) is 7.24. The molecule has 0 heterocycles. The highest BCUT2D eigenvalue weighted by atomic mass is 16.1. The first-order valence-electron chi connectivity index (χ1n) is 5.15. The number of nitrogens with one attached hydrogen (secondary N) is 1. The van der Waals surface area contributed by atoms with E-state index in [1.165, 1.54) is 5.57 Å². The summed E-state index contributed by atoms with van der Waals surface area (Å²) in [6, 6.07) is 0. The highest BCUT2D eigenvalue weighted by molar-refractivity contribution is 5.77. The third-order valence-electron chi connectivity index (χ3n) is 1.86. The van der Waals surface area contributed by atoms with Gasteiger partial charge in [-0.1, -0.05) is 30.9 Å². The van der Waals surface area contributed by atoms with Crippen molar-refractivity contribution in [1.29, 1.82) is 0 Å². The van der Waals surface area contributed by atoms with Crippen molar-refractivity contribution in [1.82, 2.24) is 5.32 Å². The molecule has 0 aliphatic heterocycles. The quantitative estimate of drug-likeness (QED) is 0.492. The molecular formula is C12H20N2O. The van der Waals surface area contributed by atoms with E-state index < -0.39 is 0 Å². The van der Waals surface area contributed by atoms with E-state index in [1.807, 2.05) is 25.2 Å². The fourth-order valence-electron chi connectivity index (χ4n) is 1.18. The molecule has 0 rings (SSSR count). The van der Waals surface area contributed by atoms with Gasteiger partial charge in [-0.05, 0) is 25.3 Å². The predicted molar refractivity (Wildman–Crippen MR) is 64.4 cm³/mol. The van der Waals surface area contributed by atoms with Crippen molar-refractivity contribution in [3.05, 3.63) is 36.5 Å². The topological polar surface area (TPSA) is 55.1 Å². The predicted octanol–water partition coefficient (Wildman–Crippen LogP) is 1.53. The molecule has 0 saturated carbocycles. The second kappa shape index (κ2) is 9.21. The molecule has 0 aromatic rings. The van der Waals surface area contributed by atoms with Gasteiger partial charge in [0.15, 0.2) is 0 Å². The van der Waals surface area contributed by atoms with Crippen molar-refractivity contribution in [3.63, 3.8) is 0 Å². The van der Waals surface area contributed by atoms with Crippen LogP contribution in [0, 0.1) is 0 Å². The fourth-order valence-corrected chi connectivity index (χ4v) is 1.18. The minimum Gasteiger partial charge on any atom is -0.355 e. The maximum absolute atomic E-state index is 10.8. The van der Waals surface area contributed by atoms with Gasteiger partial charge in [0, 0.05) is 6.54 Å². The molecule has 0 fully saturated rings. The average molecular weight is 208 g/mol. The molecule has 1 amide bonds. The molecule has 0 spiro atoms. The van der Waals surface area contributed by atoms with Crippen molar-refractivity contribution in [2.45, 2.75) is 19.8 Å².